The van der Waals surface area contributed by atoms with Crippen molar-refractivity contribution in [3.63, 3.8) is 0 Å². The summed E-state index contributed by atoms with van der Waals surface area (Å²) in [6.07, 6.45) is 0. The monoisotopic (exact) mass is 320 g/mol. The molecule has 0 aliphatic heterocycles. The van der Waals surface area contributed by atoms with Crippen LogP contribution in [0.1, 0.15) is 37.7 Å². The Bertz CT molecular complexity index is 793. The maximum atomic E-state index is 11.4. The van der Waals surface area contributed by atoms with E-state index in [1.165, 1.54) is 4.57 Å². The Kier molecular flexibility index (Phi) is 4.29. The molecule has 0 aliphatic rings. The molecule has 116 valence electrons. The van der Waals surface area contributed by atoms with E-state index in [1.807, 2.05) is 26.8 Å². The summed E-state index contributed by atoms with van der Waals surface area (Å²) in [6, 6.07) is 5.41. The van der Waals surface area contributed by atoms with Crippen LogP contribution in [-0.4, -0.2) is 14.8 Å². The van der Waals surface area contributed by atoms with Crippen LogP contribution in [0.15, 0.2) is 16.9 Å². The first-order valence-electron chi connectivity index (χ1n) is 6.71. The normalized spacial score (nSPS) is 11.3. The average molecular weight is 321 g/mol. The molecule has 1 aromatic heterocycles. The molecule has 1 aromatic carbocycles. The van der Waals surface area contributed by atoms with Gasteiger partial charge in [0.25, 0.3) is 0 Å². The van der Waals surface area contributed by atoms with Gasteiger partial charge in [-0.15, -0.1) is 0 Å². The average Bonchev–Trinajstić information content (AvgIpc) is 2.76. The standard InChI is InChI=1S/C15H17ClN4O2/c1-15(2,3)10-6-11(16)9(7-17)5-12(10)22-8-13-18-19-14(21)20(13)4/h5-6H,8H2,1-4H3,(H,19,21). The van der Waals surface area contributed by atoms with Gasteiger partial charge >= 0.3 is 5.69 Å². The third kappa shape index (κ3) is 3.15. The highest BCUT2D eigenvalue weighted by molar-refractivity contribution is 6.31. The molecule has 1 N–H and O–H groups in total. The van der Waals surface area contributed by atoms with E-state index in [2.05, 4.69) is 10.2 Å². The van der Waals surface area contributed by atoms with Crippen molar-refractivity contribution in [2.45, 2.75) is 32.8 Å². The highest BCUT2D eigenvalue weighted by atomic mass is 35.5. The smallest absolute Gasteiger partial charge is 0.343 e. The highest BCUT2D eigenvalue weighted by Crippen LogP contribution is 2.35. The van der Waals surface area contributed by atoms with Gasteiger partial charge in [0.15, 0.2) is 5.82 Å². The first kappa shape index (κ1) is 16.1. The van der Waals surface area contributed by atoms with Crippen molar-refractivity contribution in [1.29, 1.82) is 5.26 Å². The molecule has 0 fully saturated rings. The summed E-state index contributed by atoms with van der Waals surface area (Å²) in [7, 11) is 1.61. The van der Waals surface area contributed by atoms with Crippen LogP contribution in [0.2, 0.25) is 5.02 Å². The molecular weight excluding hydrogens is 304 g/mol. The Labute approximate surface area is 133 Å². The number of benzene rings is 1. The first-order chi connectivity index (χ1) is 10.2. The summed E-state index contributed by atoms with van der Waals surface area (Å²) in [5.74, 6) is 1.03. The minimum atomic E-state index is -0.302. The van der Waals surface area contributed by atoms with Crippen LogP contribution in [0, 0.1) is 11.3 Å². The lowest BCUT2D eigenvalue weighted by Crippen LogP contribution is -2.17. The molecule has 0 bridgehead atoms. The van der Waals surface area contributed by atoms with E-state index in [4.69, 9.17) is 21.6 Å². The number of rotatable bonds is 3. The summed E-state index contributed by atoms with van der Waals surface area (Å²) in [5, 5.41) is 15.8. The molecule has 0 atom stereocenters. The van der Waals surface area contributed by atoms with Crippen LogP contribution in [0.25, 0.3) is 0 Å². The van der Waals surface area contributed by atoms with Gasteiger partial charge in [-0.1, -0.05) is 32.4 Å². The topological polar surface area (TPSA) is 83.7 Å². The molecule has 2 aromatic rings. The zero-order valence-electron chi connectivity index (χ0n) is 12.9. The number of hydrogen-bond donors (Lipinski definition) is 1. The van der Waals surface area contributed by atoms with Crippen molar-refractivity contribution >= 4 is 11.6 Å². The van der Waals surface area contributed by atoms with Gasteiger partial charge in [0.1, 0.15) is 18.4 Å². The van der Waals surface area contributed by atoms with Crippen molar-refractivity contribution < 1.29 is 4.74 Å². The molecule has 1 heterocycles. The number of nitriles is 1. The lowest BCUT2D eigenvalue weighted by Gasteiger charge is -2.23. The quantitative estimate of drug-likeness (QED) is 0.941. The Balaban J connectivity index is 2.39. The number of halogens is 1. The number of hydrogen-bond acceptors (Lipinski definition) is 4. The Morgan fingerprint density at radius 2 is 2.14 bits per heavy atom. The Morgan fingerprint density at radius 1 is 1.45 bits per heavy atom. The number of nitrogens with zero attached hydrogens (tertiary/aromatic N) is 3. The van der Waals surface area contributed by atoms with E-state index >= 15 is 0 Å². The van der Waals surface area contributed by atoms with Crippen LogP contribution >= 0.6 is 11.6 Å². The summed E-state index contributed by atoms with van der Waals surface area (Å²) in [6.45, 7) is 6.20. The Hall–Kier alpha value is -2.26. The fourth-order valence-corrected chi connectivity index (χ4v) is 2.20. The second-order valence-corrected chi connectivity index (χ2v) is 6.39. The van der Waals surface area contributed by atoms with E-state index in [0.29, 0.717) is 22.2 Å². The summed E-state index contributed by atoms with van der Waals surface area (Å²) >= 11 is 6.11. The SMILES string of the molecule is Cn1c(COc2cc(C#N)c(Cl)cc2C(C)(C)C)n[nH]c1=O. The molecule has 0 saturated carbocycles. The second-order valence-electron chi connectivity index (χ2n) is 5.98. The molecule has 0 spiro atoms. The van der Waals surface area contributed by atoms with Gasteiger partial charge < -0.3 is 4.74 Å². The first-order valence-corrected chi connectivity index (χ1v) is 7.09. The van der Waals surface area contributed by atoms with Crippen molar-refractivity contribution in [2.24, 2.45) is 7.05 Å². The molecule has 0 aliphatic carbocycles. The summed E-state index contributed by atoms with van der Waals surface area (Å²) in [5.41, 5.74) is 0.728. The van der Waals surface area contributed by atoms with Gasteiger partial charge in [-0.3, -0.25) is 4.57 Å². The third-order valence-corrected chi connectivity index (χ3v) is 3.64. The lowest BCUT2D eigenvalue weighted by atomic mass is 9.86. The molecule has 22 heavy (non-hydrogen) atoms. The van der Waals surface area contributed by atoms with Crippen molar-refractivity contribution in [1.82, 2.24) is 14.8 Å². The minimum absolute atomic E-state index is 0.116. The predicted molar refractivity (Wildman–Crippen MR) is 83.0 cm³/mol. The molecular formula is C15H17ClN4O2. The molecule has 6 nitrogen and oxygen atoms in total. The second kappa shape index (κ2) is 5.85. The number of aromatic nitrogens is 3. The van der Waals surface area contributed by atoms with Crippen molar-refractivity contribution in [2.75, 3.05) is 0 Å². The minimum Gasteiger partial charge on any atom is -0.485 e. The van der Waals surface area contributed by atoms with Crippen LogP contribution in [0.5, 0.6) is 5.75 Å². The van der Waals surface area contributed by atoms with Gasteiger partial charge in [0, 0.05) is 12.6 Å². The fourth-order valence-electron chi connectivity index (χ4n) is 2.00. The van der Waals surface area contributed by atoms with E-state index in [9.17, 15) is 4.79 Å². The van der Waals surface area contributed by atoms with E-state index in [1.54, 1.807) is 19.2 Å². The molecule has 7 heteroatoms. The van der Waals surface area contributed by atoms with E-state index in [-0.39, 0.29) is 17.7 Å². The third-order valence-electron chi connectivity index (χ3n) is 3.33. The largest absolute Gasteiger partial charge is 0.485 e. The zero-order chi connectivity index (χ0) is 16.5. The van der Waals surface area contributed by atoms with Gasteiger partial charge in [0.05, 0.1) is 10.6 Å². The van der Waals surface area contributed by atoms with Crippen molar-refractivity contribution in [3.05, 3.63) is 44.6 Å². The van der Waals surface area contributed by atoms with Crippen LogP contribution in [0.4, 0.5) is 0 Å². The van der Waals surface area contributed by atoms with E-state index in [0.717, 1.165) is 5.56 Å². The number of aromatic amines is 1. The van der Waals surface area contributed by atoms with Crippen molar-refractivity contribution in [3.8, 4) is 11.8 Å². The van der Waals surface area contributed by atoms with E-state index < -0.39 is 0 Å². The van der Waals surface area contributed by atoms with Gasteiger partial charge in [0.2, 0.25) is 0 Å². The molecule has 0 unspecified atom stereocenters. The van der Waals surface area contributed by atoms with Gasteiger partial charge in [-0.25, -0.2) is 9.89 Å². The summed E-state index contributed by atoms with van der Waals surface area (Å²) in [4.78, 5) is 11.4. The van der Waals surface area contributed by atoms with Crippen LogP contribution < -0.4 is 10.4 Å². The number of H-pyrrole nitrogens is 1. The van der Waals surface area contributed by atoms with Gasteiger partial charge in [-0.05, 0) is 17.5 Å². The van der Waals surface area contributed by atoms with Gasteiger partial charge in [-0.2, -0.15) is 10.4 Å². The fraction of sp³-hybridized carbons (Fsp3) is 0.400. The Morgan fingerprint density at radius 3 is 2.64 bits per heavy atom. The molecule has 2 rings (SSSR count). The number of ether oxygens (including phenoxy) is 1. The summed E-state index contributed by atoms with van der Waals surface area (Å²) < 4.78 is 7.16. The molecule has 0 saturated heterocycles. The maximum absolute atomic E-state index is 11.4. The maximum Gasteiger partial charge on any atom is 0.343 e. The lowest BCUT2D eigenvalue weighted by molar-refractivity contribution is 0.283. The molecule has 0 radical (unpaired) electrons. The van der Waals surface area contributed by atoms with Crippen LogP contribution in [-0.2, 0) is 19.1 Å². The highest BCUT2D eigenvalue weighted by Gasteiger charge is 2.22. The zero-order valence-corrected chi connectivity index (χ0v) is 13.7. The molecule has 0 amide bonds. The number of nitrogens with one attached hydrogen (secondary N) is 1. The predicted octanol–water partition coefficient (Wildman–Crippen LogP) is 2.51. The van der Waals surface area contributed by atoms with Crippen LogP contribution in [0.3, 0.4) is 0 Å².